The molecular weight excluding hydrogens is 254 g/mol. The minimum atomic E-state index is 0.0394. The number of para-hydroxylation sites is 1. The molecule has 2 aromatic rings. The number of hydrogen-bond donors (Lipinski definition) is 1. The smallest absolute Gasteiger partial charge is 0.186 e. The van der Waals surface area contributed by atoms with Gasteiger partial charge in [-0.15, -0.1) is 5.10 Å². The molecule has 6 nitrogen and oxygen atoms in total. The van der Waals surface area contributed by atoms with Crippen LogP contribution in [-0.2, 0) is 0 Å². The van der Waals surface area contributed by atoms with E-state index in [9.17, 15) is 0 Å². The van der Waals surface area contributed by atoms with Crippen LogP contribution in [0.2, 0.25) is 0 Å². The molecule has 0 aliphatic carbocycles. The number of ether oxygens (including phenoxy) is 1. The molecule has 0 aliphatic heterocycles. The zero-order valence-electron chi connectivity index (χ0n) is 12.6. The molecule has 0 spiro atoms. The Morgan fingerprint density at radius 2 is 2.00 bits per heavy atom. The molecule has 6 heteroatoms. The van der Waals surface area contributed by atoms with Crippen LogP contribution in [-0.4, -0.2) is 27.3 Å². The fourth-order valence-electron chi connectivity index (χ4n) is 1.96. The predicted molar refractivity (Wildman–Crippen MR) is 78.4 cm³/mol. The summed E-state index contributed by atoms with van der Waals surface area (Å²) in [6.45, 7) is 8.55. The van der Waals surface area contributed by atoms with E-state index in [1.54, 1.807) is 13.2 Å². The summed E-state index contributed by atoms with van der Waals surface area (Å²) < 4.78 is 7.20. The molecular formula is C14H21N5O. The van der Waals surface area contributed by atoms with Crippen molar-refractivity contribution in [3.8, 4) is 17.1 Å². The Hall–Kier alpha value is -2.11. The van der Waals surface area contributed by atoms with E-state index in [2.05, 4.69) is 43.2 Å². The number of nitrogens with two attached hydrogens (primary N) is 1. The summed E-state index contributed by atoms with van der Waals surface area (Å²) in [4.78, 5) is 0. The van der Waals surface area contributed by atoms with Gasteiger partial charge in [-0.1, -0.05) is 26.8 Å². The van der Waals surface area contributed by atoms with Crippen LogP contribution in [0.4, 0.5) is 5.69 Å². The third-order valence-electron chi connectivity index (χ3n) is 3.60. The lowest BCUT2D eigenvalue weighted by Crippen LogP contribution is -2.23. The van der Waals surface area contributed by atoms with Gasteiger partial charge >= 0.3 is 0 Å². The van der Waals surface area contributed by atoms with Gasteiger partial charge in [0.25, 0.3) is 0 Å². The van der Waals surface area contributed by atoms with E-state index in [4.69, 9.17) is 10.5 Å². The normalized spacial score (nSPS) is 13.2. The van der Waals surface area contributed by atoms with Crippen molar-refractivity contribution >= 4 is 5.69 Å². The number of rotatable bonds is 3. The molecule has 0 amide bonds. The Bertz CT molecular complexity index is 600. The van der Waals surface area contributed by atoms with Crippen molar-refractivity contribution in [3.63, 3.8) is 0 Å². The molecule has 20 heavy (non-hydrogen) atoms. The van der Waals surface area contributed by atoms with Crippen LogP contribution in [0.25, 0.3) is 11.4 Å². The Balaban J connectivity index is 2.56. The van der Waals surface area contributed by atoms with Crippen LogP contribution in [0, 0.1) is 5.41 Å². The minimum absolute atomic E-state index is 0.0394. The lowest BCUT2D eigenvalue weighted by Gasteiger charge is -2.27. The highest BCUT2D eigenvalue weighted by Gasteiger charge is 2.27. The van der Waals surface area contributed by atoms with E-state index in [1.165, 1.54) is 0 Å². The summed E-state index contributed by atoms with van der Waals surface area (Å²) in [5.74, 6) is 1.27. The first-order chi connectivity index (χ1) is 9.36. The fourth-order valence-corrected chi connectivity index (χ4v) is 1.96. The molecule has 1 heterocycles. The number of methoxy groups -OCH3 is 1. The van der Waals surface area contributed by atoms with Gasteiger partial charge in [0.05, 0.1) is 24.4 Å². The quantitative estimate of drug-likeness (QED) is 0.871. The molecule has 1 unspecified atom stereocenters. The largest absolute Gasteiger partial charge is 0.494 e. The van der Waals surface area contributed by atoms with Crippen molar-refractivity contribution in [2.45, 2.75) is 33.7 Å². The van der Waals surface area contributed by atoms with E-state index in [0.717, 1.165) is 5.56 Å². The van der Waals surface area contributed by atoms with Crippen molar-refractivity contribution < 1.29 is 4.74 Å². The van der Waals surface area contributed by atoms with E-state index >= 15 is 0 Å². The number of aromatic nitrogens is 4. The van der Waals surface area contributed by atoms with Crippen LogP contribution < -0.4 is 10.5 Å². The number of hydrogen-bond acceptors (Lipinski definition) is 5. The molecule has 2 N–H and O–H groups in total. The second-order valence-corrected chi connectivity index (χ2v) is 5.92. The van der Waals surface area contributed by atoms with Crippen molar-refractivity contribution in [2.24, 2.45) is 5.41 Å². The summed E-state index contributed by atoms with van der Waals surface area (Å²) in [7, 11) is 1.59. The average molecular weight is 275 g/mol. The SMILES string of the molecule is COc1c(N)cccc1-c1nnnn1C(C)C(C)(C)C. The van der Waals surface area contributed by atoms with Gasteiger partial charge in [-0.25, -0.2) is 4.68 Å². The zero-order valence-corrected chi connectivity index (χ0v) is 12.6. The third-order valence-corrected chi connectivity index (χ3v) is 3.60. The van der Waals surface area contributed by atoms with Crippen LogP contribution >= 0.6 is 0 Å². The van der Waals surface area contributed by atoms with Gasteiger partial charge in [-0.3, -0.25) is 0 Å². The first kappa shape index (κ1) is 14.3. The maximum atomic E-state index is 5.95. The number of benzene rings is 1. The summed E-state index contributed by atoms with van der Waals surface area (Å²) in [6.07, 6.45) is 0. The van der Waals surface area contributed by atoms with Crippen molar-refractivity contribution in [1.82, 2.24) is 20.2 Å². The van der Waals surface area contributed by atoms with Gasteiger partial charge in [-0.05, 0) is 34.9 Å². The molecule has 0 fully saturated rings. The zero-order chi connectivity index (χ0) is 14.9. The van der Waals surface area contributed by atoms with Crippen molar-refractivity contribution in [3.05, 3.63) is 18.2 Å². The highest BCUT2D eigenvalue weighted by molar-refractivity contribution is 5.73. The highest BCUT2D eigenvalue weighted by Crippen LogP contribution is 2.37. The van der Waals surface area contributed by atoms with Gasteiger partial charge in [0, 0.05) is 0 Å². The highest BCUT2D eigenvalue weighted by atomic mass is 16.5. The molecule has 0 bridgehead atoms. The van der Waals surface area contributed by atoms with Crippen LogP contribution in [0.3, 0.4) is 0 Å². The maximum absolute atomic E-state index is 5.95. The van der Waals surface area contributed by atoms with Crippen LogP contribution in [0.5, 0.6) is 5.75 Å². The molecule has 0 aliphatic rings. The van der Waals surface area contributed by atoms with E-state index in [-0.39, 0.29) is 11.5 Å². The lowest BCUT2D eigenvalue weighted by molar-refractivity contribution is 0.243. The second kappa shape index (κ2) is 5.11. The molecule has 0 saturated carbocycles. The molecule has 108 valence electrons. The minimum Gasteiger partial charge on any atom is -0.494 e. The molecule has 1 aromatic heterocycles. The van der Waals surface area contributed by atoms with Gasteiger partial charge in [0.2, 0.25) is 0 Å². The predicted octanol–water partition coefficient (Wildman–Crippen LogP) is 2.54. The Kier molecular flexibility index (Phi) is 3.65. The average Bonchev–Trinajstić information content (AvgIpc) is 2.85. The second-order valence-electron chi connectivity index (χ2n) is 5.92. The first-order valence-corrected chi connectivity index (χ1v) is 6.57. The Labute approximate surface area is 118 Å². The topological polar surface area (TPSA) is 78.8 Å². The molecule has 1 aromatic carbocycles. The molecule has 0 radical (unpaired) electrons. The molecule has 0 saturated heterocycles. The summed E-state index contributed by atoms with van der Waals surface area (Å²) in [5, 5.41) is 12.1. The van der Waals surface area contributed by atoms with Crippen LogP contribution in [0.1, 0.15) is 33.7 Å². The standard InChI is InChI=1S/C14H21N5O/c1-9(14(2,3)4)19-13(16-17-18-19)10-7-6-8-11(15)12(10)20-5/h6-9H,15H2,1-5H3. The Morgan fingerprint density at radius 1 is 1.30 bits per heavy atom. The van der Waals surface area contributed by atoms with Crippen LogP contribution in [0.15, 0.2) is 18.2 Å². The first-order valence-electron chi connectivity index (χ1n) is 6.57. The van der Waals surface area contributed by atoms with Gasteiger partial charge in [0.15, 0.2) is 11.6 Å². The van der Waals surface area contributed by atoms with Gasteiger partial charge < -0.3 is 10.5 Å². The monoisotopic (exact) mass is 275 g/mol. The summed E-state index contributed by atoms with van der Waals surface area (Å²) in [5.41, 5.74) is 7.36. The molecule has 2 rings (SSSR count). The third kappa shape index (κ3) is 2.45. The molecule has 1 atom stereocenters. The summed E-state index contributed by atoms with van der Waals surface area (Å²) in [6, 6.07) is 5.71. The number of nitrogens with zero attached hydrogens (tertiary/aromatic N) is 4. The lowest BCUT2D eigenvalue weighted by atomic mass is 9.88. The van der Waals surface area contributed by atoms with E-state index in [0.29, 0.717) is 17.3 Å². The number of tetrazole rings is 1. The van der Waals surface area contributed by atoms with E-state index in [1.807, 2.05) is 16.8 Å². The Morgan fingerprint density at radius 3 is 2.60 bits per heavy atom. The number of nitrogen functional groups attached to an aromatic ring is 1. The maximum Gasteiger partial charge on any atom is 0.186 e. The van der Waals surface area contributed by atoms with E-state index < -0.39 is 0 Å². The van der Waals surface area contributed by atoms with Crippen molar-refractivity contribution in [2.75, 3.05) is 12.8 Å². The summed E-state index contributed by atoms with van der Waals surface area (Å²) >= 11 is 0. The van der Waals surface area contributed by atoms with Gasteiger partial charge in [-0.2, -0.15) is 0 Å². The number of anilines is 1. The fraction of sp³-hybridized carbons (Fsp3) is 0.500. The van der Waals surface area contributed by atoms with Gasteiger partial charge in [0.1, 0.15) is 0 Å². The van der Waals surface area contributed by atoms with Crippen molar-refractivity contribution in [1.29, 1.82) is 0 Å².